The van der Waals surface area contributed by atoms with Crippen molar-refractivity contribution >= 4 is 34.6 Å². The van der Waals surface area contributed by atoms with Gasteiger partial charge in [0.05, 0.1) is 19.3 Å². The molecule has 0 aromatic carbocycles. The number of alkyl halides is 3. The molecule has 2 aliphatic heterocycles. The normalized spacial score (nSPS) is 30.1. The zero-order valence-corrected chi connectivity index (χ0v) is 16.7. The Morgan fingerprint density at radius 3 is 2.83 bits per heavy atom. The number of hydrogen-bond acceptors (Lipinski definition) is 6. The van der Waals surface area contributed by atoms with Crippen LogP contribution in [-0.4, -0.2) is 50.4 Å². The monoisotopic (exact) mass is 450 g/mol. The molecule has 3 atom stereocenters. The van der Waals surface area contributed by atoms with Gasteiger partial charge in [-0.15, -0.1) is 16.4 Å². The fourth-order valence-corrected chi connectivity index (χ4v) is 5.38. The summed E-state index contributed by atoms with van der Waals surface area (Å²) in [7, 11) is 1.53. The van der Waals surface area contributed by atoms with E-state index < -0.39 is 42.1 Å². The molecule has 156 valence electrons. The average molecular weight is 451 g/mol. The lowest BCUT2D eigenvalue weighted by Gasteiger charge is -2.50. The highest BCUT2D eigenvalue weighted by Gasteiger charge is 2.56. The van der Waals surface area contributed by atoms with E-state index in [0.717, 1.165) is 11.3 Å². The molecule has 12 heteroatoms. The number of aryl methyl sites for hydroxylation is 1. The molecule has 0 aliphatic carbocycles. The minimum atomic E-state index is -5.12. The number of halogens is 4. The van der Waals surface area contributed by atoms with E-state index in [1.165, 1.54) is 30.9 Å². The highest BCUT2D eigenvalue weighted by molar-refractivity contribution is 7.16. The summed E-state index contributed by atoms with van der Waals surface area (Å²) in [5.41, 5.74) is -1.35. The number of Topliss-reactive ketones (excluding diaryl/α,β-unsaturated/α-hetero) is 1. The first-order chi connectivity index (χ1) is 14.2. The Balaban J connectivity index is 1.87. The summed E-state index contributed by atoms with van der Waals surface area (Å²) in [6.45, 7) is -1.29. The highest BCUT2D eigenvalue weighted by atomic mass is 35.5. The Hall–Kier alpha value is -1.98. The summed E-state index contributed by atoms with van der Waals surface area (Å²) in [6.07, 6.45) is -4.15. The maximum absolute atomic E-state index is 13.4. The van der Waals surface area contributed by atoms with Gasteiger partial charge in [-0.1, -0.05) is 16.8 Å². The summed E-state index contributed by atoms with van der Waals surface area (Å²) in [4.78, 5) is 25.8. The van der Waals surface area contributed by atoms with Crippen molar-refractivity contribution in [3.8, 4) is 0 Å². The number of ether oxygens (including phenoxy) is 1. The first kappa shape index (κ1) is 17.8. The van der Waals surface area contributed by atoms with Crippen LogP contribution in [0.2, 0.25) is 4.34 Å². The fraction of sp³-hybridized carbons (Fsp3) is 0.529. The van der Waals surface area contributed by atoms with Crippen LogP contribution in [0.25, 0.3) is 0 Å². The van der Waals surface area contributed by atoms with Gasteiger partial charge in [0.1, 0.15) is 17.9 Å². The molecule has 0 radical (unpaired) electrons. The van der Waals surface area contributed by atoms with Crippen LogP contribution in [-0.2, 0) is 22.2 Å². The van der Waals surface area contributed by atoms with E-state index in [1.807, 2.05) is 0 Å². The van der Waals surface area contributed by atoms with Gasteiger partial charge in [-0.3, -0.25) is 14.3 Å². The van der Waals surface area contributed by atoms with Gasteiger partial charge < -0.3 is 9.64 Å². The second-order valence-corrected chi connectivity index (χ2v) is 8.80. The molecule has 2 aromatic heterocycles. The predicted molar refractivity (Wildman–Crippen MR) is 96.6 cm³/mol. The molecule has 0 N–H and O–H groups in total. The van der Waals surface area contributed by atoms with Crippen molar-refractivity contribution in [3.05, 3.63) is 32.7 Å². The van der Waals surface area contributed by atoms with Crippen LogP contribution < -0.4 is 0 Å². The Kier molecular flexibility index (Phi) is 4.17. The number of hydrogen-bond donors (Lipinski definition) is 0. The number of aromatic nitrogens is 3. The predicted octanol–water partition coefficient (Wildman–Crippen LogP) is 3.25. The van der Waals surface area contributed by atoms with Gasteiger partial charge in [0.15, 0.2) is 5.78 Å². The maximum Gasteiger partial charge on any atom is 0.471 e. The second-order valence-electron chi connectivity index (χ2n) is 7.12. The van der Waals surface area contributed by atoms with Crippen LogP contribution >= 0.6 is 22.9 Å². The van der Waals surface area contributed by atoms with Crippen LogP contribution in [0.1, 0.15) is 49.5 Å². The molecule has 2 aliphatic rings. The topological polar surface area (TPSA) is 77.3 Å². The van der Waals surface area contributed by atoms with Gasteiger partial charge in [0.25, 0.3) is 0 Å². The smallest absolute Gasteiger partial charge is 0.361 e. The van der Waals surface area contributed by atoms with E-state index in [4.69, 9.17) is 19.1 Å². The van der Waals surface area contributed by atoms with Crippen molar-refractivity contribution in [2.75, 3.05) is 6.56 Å². The number of thiophene rings is 1. The lowest BCUT2D eigenvalue weighted by Crippen LogP contribution is -2.56. The maximum atomic E-state index is 13.4. The van der Waals surface area contributed by atoms with E-state index in [-0.39, 0.29) is 28.4 Å². The molecule has 4 heterocycles. The van der Waals surface area contributed by atoms with Crippen molar-refractivity contribution in [1.82, 2.24) is 19.9 Å². The van der Waals surface area contributed by atoms with E-state index in [1.54, 1.807) is 0 Å². The van der Waals surface area contributed by atoms with E-state index in [0.29, 0.717) is 9.78 Å². The average Bonchev–Trinajstić information content (AvgIpc) is 3.24. The SMILES string of the molecule is [2H]C1([2H])O[C@]2(C[C@H](C)N(C(=O)C(F)(F)F)[C@H](c3cn(C)nn3)C2)c2sc(Cl)cc2C1=O. The third kappa shape index (κ3) is 3.34. The van der Waals surface area contributed by atoms with Gasteiger partial charge in [-0.05, 0) is 13.0 Å². The van der Waals surface area contributed by atoms with Crippen LogP contribution in [0.3, 0.4) is 0 Å². The standard InChI is InChI=1S/C17H16ClF3N4O3S/c1-8-4-16(14-9(3-13(18)29-14)12(26)7-28-16)5-11(10-6-24(2)23-22-10)25(8)15(27)17(19,20)21/h3,6,8,11H,4-5,7H2,1-2H3/t8-,11-,16-/m0/s1/i7D2. The molecule has 1 fully saturated rings. The fourth-order valence-electron chi connectivity index (χ4n) is 4.01. The highest BCUT2D eigenvalue weighted by Crippen LogP contribution is 2.53. The summed E-state index contributed by atoms with van der Waals surface area (Å²) in [5.74, 6) is -2.95. The van der Waals surface area contributed by atoms with Gasteiger partial charge in [0, 0.05) is 36.4 Å². The van der Waals surface area contributed by atoms with Gasteiger partial charge >= 0.3 is 12.1 Å². The van der Waals surface area contributed by atoms with Crippen molar-refractivity contribution in [3.63, 3.8) is 0 Å². The number of rotatable bonds is 1. The molecule has 1 amide bonds. The molecule has 1 spiro atoms. The largest absolute Gasteiger partial charge is 0.471 e. The Labute approximate surface area is 175 Å². The first-order valence-corrected chi connectivity index (χ1v) is 9.75. The summed E-state index contributed by atoms with van der Waals surface area (Å²) < 4.78 is 63.4. The molecule has 29 heavy (non-hydrogen) atoms. The molecular weight excluding hydrogens is 433 g/mol. The minimum absolute atomic E-state index is 0.0342. The van der Waals surface area contributed by atoms with Crippen LogP contribution in [0.15, 0.2) is 12.3 Å². The Morgan fingerprint density at radius 2 is 2.21 bits per heavy atom. The lowest BCUT2D eigenvalue weighted by atomic mass is 9.77. The number of carbonyl (C=O) groups excluding carboxylic acids is 2. The molecule has 7 nitrogen and oxygen atoms in total. The number of carbonyl (C=O) groups is 2. The molecule has 1 saturated heterocycles. The van der Waals surface area contributed by atoms with Gasteiger partial charge in [-0.2, -0.15) is 13.2 Å². The number of fused-ring (bicyclic) bond motifs is 2. The lowest BCUT2D eigenvalue weighted by molar-refractivity contribution is -0.200. The minimum Gasteiger partial charge on any atom is -0.361 e. The number of ketones is 1. The van der Waals surface area contributed by atoms with E-state index in [9.17, 15) is 22.8 Å². The van der Waals surface area contributed by atoms with Crippen molar-refractivity contribution in [1.29, 1.82) is 0 Å². The van der Waals surface area contributed by atoms with Crippen molar-refractivity contribution in [2.45, 2.75) is 43.6 Å². The van der Waals surface area contributed by atoms with Crippen LogP contribution in [0.5, 0.6) is 0 Å². The van der Waals surface area contributed by atoms with E-state index in [2.05, 4.69) is 10.3 Å². The van der Waals surface area contributed by atoms with Crippen molar-refractivity contribution in [2.24, 2.45) is 7.05 Å². The molecule has 4 rings (SSSR count). The van der Waals surface area contributed by atoms with Gasteiger partial charge in [-0.25, -0.2) is 0 Å². The van der Waals surface area contributed by atoms with Crippen LogP contribution in [0, 0.1) is 0 Å². The Morgan fingerprint density at radius 1 is 1.48 bits per heavy atom. The van der Waals surface area contributed by atoms with Crippen LogP contribution in [0.4, 0.5) is 13.2 Å². The number of amides is 1. The molecule has 2 aromatic rings. The number of nitrogens with zero attached hydrogens (tertiary/aromatic N) is 4. The molecular formula is C17H16ClF3N4O3S. The van der Waals surface area contributed by atoms with E-state index >= 15 is 0 Å². The summed E-state index contributed by atoms with van der Waals surface area (Å²) in [5, 5.41) is 7.65. The molecule has 0 bridgehead atoms. The summed E-state index contributed by atoms with van der Waals surface area (Å²) >= 11 is 7.10. The summed E-state index contributed by atoms with van der Waals surface area (Å²) in [6, 6.07) is -0.904. The second kappa shape index (κ2) is 6.78. The zero-order valence-electron chi connectivity index (χ0n) is 17.2. The number of piperidine rings is 1. The van der Waals surface area contributed by atoms with Gasteiger partial charge in [0.2, 0.25) is 0 Å². The third-order valence-corrected chi connectivity index (χ3v) is 6.55. The zero-order chi connectivity index (χ0) is 22.9. The van der Waals surface area contributed by atoms with Crippen molar-refractivity contribution < 1.29 is 30.2 Å². The molecule has 0 saturated carbocycles. The first-order valence-electron chi connectivity index (χ1n) is 9.56. The third-order valence-electron chi connectivity index (χ3n) is 5.10. The number of likely N-dealkylation sites (tertiary alicyclic amines) is 1. The quantitative estimate of drug-likeness (QED) is 0.666. The Bertz CT molecular complexity index is 1080. The molecule has 0 unspecified atom stereocenters.